The average molecular weight is 207 g/mol. The topological polar surface area (TPSA) is 50.5 Å². The van der Waals surface area contributed by atoms with Gasteiger partial charge in [0.2, 0.25) is 0 Å². The molecule has 15 heavy (non-hydrogen) atoms. The van der Waals surface area contributed by atoms with Crippen molar-refractivity contribution in [1.82, 2.24) is 0 Å². The number of anilines is 3. The second kappa shape index (κ2) is 3.88. The standard InChI is InChI=1S/C11H17N3O/c1-14-5-3-4-13-9-7-11(15-2)8(12)6-10(9)14/h6-7,13H,3-5,12H2,1-2H3. The Labute approximate surface area is 90.0 Å². The minimum Gasteiger partial charge on any atom is -0.495 e. The zero-order valence-electron chi connectivity index (χ0n) is 9.21. The van der Waals surface area contributed by atoms with Crippen molar-refractivity contribution in [3.8, 4) is 5.75 Å². The van der Waals surface area contributed by atoms with Crippen molar-refractivity contribution in [2.24, 2.45) is 0 Å². The Morgan fingerprint density at radius 1 is 1.47 bits per heavy atom. The lowest BCUT2D eigenvalue weighted by atomic mass is 10.2. The van der Waals surface area contributed by atoms with Gasteiger partial charge < -0.3 is 20.7 Å². The lowest BCUT2D eigenvalue weighted by molar-refractivity contribution is 0.417. The molecule has 0 fully saturated rings. The summed E-state index contributed by atoms with van der Waals surface area (Å²) in [6.07, 6.45) is 1.13. The Balaban J connectivity index is 2.46. The van der Waals surface area contributed by atoms with Crippen LogP contribution in [-0.4, -0.2) is 27.2 Å². The minimum absolute atomic E-state index is 0.687. The summed E-state index contributed by atoms with van der Waals surface area (Å²) in [5.41, 5.74) is 8.82. The maximum atomic E-state index is 5.89. The van der Waals surface area contributed by atoms with Gasteiger partial charge in [0.15, 0.2) is 0 Å². The van der Waals surface area contributed by atoms with Gasteiger partial charge in [-0.05, 0) is 12.5 Å². The minimum atomic E-state index is 0.687. The number of fused-ring (bicyclic) bond motifs is 1. The summed E-state index contributed by atoms with van der Waals surface area (Å²) < 4.78 is 5.20. The summed E-state index contributed by atoms with van der Waals surface area (Å²) in [5.74, 6) is 0.733. The van der Waals surface area contributed by atoms with Crippen molar-refractivity contribution in [2.45, 2.75) is 6.42 Å². The number of nitrogens with two attached hydrogens (primary N) is 1. The summed E-state index contributed by atoms with van der Waals surface area (Å²) in [7, 11) is 3.72. The molecule has 4 heteroatoms. The smallest absolute Gasteiger partial charge is 0.143 e. The van der Waals surface area contributed by atoms with Crippen molar-refractivity contribution >= 4 is 17.1 Å². The molecular weight excluding hydrogens is 190 g/mol. The molecule has 0 saturated carbocycles. The third kappa shape index (κ3) is 1.79. The van der Waals surface area contributed by atoms with Gasteiger partial charge in [0, 0.05) is 26.2 Å². The lowest BCUT2D eigenvalue weighted by Crippen LogP contribution is -2.17. The largest absolute Gasteiger partial charge is 0.495 e. The molecule has 0 aromatic heterocycles. The molecule has 1 heterocycles. The monoisotopic (exact) mass is 207 g/mol. The summed E-state index contributed by atoms with van der Waals surface area (Å²) in [6.45, 7) is 2.04. The van der Waals surface area contributed by atoms with Crippen molar-refractivity contribution in [2.75, 3.05) is 43.2 Å². The number of rotatable bonds is 1. The Morgan fingerprint density at radius 3 is 3.00 bits per heavy atom. The fraction of sp³-hybridized carbons (Fsp3) is 0.455. The third-order valence-electron chi connectivity index (χ3n) is 2.75. The summed E-state index contributed by atoms with van der Waals surface area (Å²) >= 11 is 0. The average Bonchev–Trinajstić information content (AvgIpc) is 2.40. The SMILES string of the molecule is COc1cc2c(cc1N)N(C)CCCN2. The van der Waals surface area contributed by atoms with Crippen LogP contribution in [0.3, 0.4) is 0 Å². The summed E-state index contributed by atoms with van der Waals surface area (Å²) in [6, 6.07) is 3.93. The van der Waals surface area contributed by atoms with Gasteiger partial charge in [0.05, 0.1) is 24.2 Å². The Morgan fingerprint density at radius 2 is 2.27 bits per heavy atom. The number of methoxy groups -OCH3 is 1. The van der Waals surface area contributed by atoms with E-state index in [1.807, 2.05) is 12.1 Å². The molecule has 82 valence electrons. The van der Waals surface area contributed by atoms with Crippen LogP contribution < -0.4 is 20.7 Å². The molecule has 0 spiro atoms. The van der Waals surface area contributed by atoms with Crippen molar-refractivity contribution < 1.29 is 4.74 Å². The van der Waals surface area contributed by atoms with Gasteiger partial charge in [-0.1, -0.05) is 0 Å². The van der Waals surface area contributed by atoms with Crippen LogP contribution in [0.4, 0.5) is 17.1 Å². The van der Waals surface area contributed by atoms with Crippen molar-refractivity contribution in [1.29, 1.82) is 0 Å². The molecule has 4 nitrogen and oxygen atoms in total. The first kappa shape index (κ1) is 9.96. The van der Waals surface area contributed by atoms with E-state index in [2.05, 4.69) is 17.3 Å². The van der Waals surface area contributed by atoms with Gasteiger partial charge in [-0.25, -0.2) is 0 Å². The summed E-state index contributed by atoms with van der Waals surface area (Å²) in [4.78, 5) is 2.21. The third-order valence-corrected chi connectivity index (χ3v) is 2.75. The highest BCUT2D eigenvalue weighted by molar-refractivity contribution is 5.78. The molecular formula is C11H17N3O. The molecule has 0 atom stereocenters. The van der Waals surface area contributed by atoms with Crippen LogP contribution in [0.1, 0.15) is 6.42 Å². The van der Waals surface area contributed by atoms with Crippen LogP contribution in [0.15, 0.2) is 12.1 Å². The van der Waals surface area contributed by atoms with E-state index in [-0.39, 0.29) is 0 Å². The zero-order valence-corrected chi connectivity index (χ0v) is 9.21. The second-order valence-corrected chi connectivity index (χ2v) is 3.81. The van der Waals surface area contributed by atoms with E-state index < -0.39 is 0 Å². The fourth-order valence-electron chi connectivity index (χ4n) is 1.88. The number of nitrogens with zero attached hydrogens (tertiary/aromatic N) is 1. The van der Waals surface area contributed by atoms with Crippen LogP contribution in [0, 0.1) is 0 Å². The first-order valence-corrected chi connectivity index (χ1v) is 5.15. The highest BCUT2D eigenvalue weighted by Crippen LogP contribution is 2.35. The molecule has 1 aliphatic heterocycles. The van der Waals surface area contributed by atoms with E-state index in [1.54, 1.807) is 7.11 Å². The van der Waals surface area contributed by atoms with Gasteiger partial charge >= 0.3 is 0 Å². The maximum absolute atomic E-state index is 5.89. The zero-order chi connectivity index (χ0) is 10.8. The quantitative estimate of drug-likeness (QED) is 0.686. The molecule has 1 aliphatic rings. The van der Waals surface area contributed by atoms with Crippen LogP contribution in [0.25, 0.3) is 0 Å². The molecule has 0 amide bonds. The van der Waals surface area contributed by atoms with Crippen molar-refractivity contribution in [3.05, 3.63) is 12.1 Å². The van der Waals surface area contributed by atoms with Gasteiger partial charge in [-0.15, -0.1) is 0 Å². The number of hydrogen-bond donors (Lipinski definition) is 2. The Bertz CT molecular complexity index is 365. The van der Waals surface area contributed by atoms with Crippen molar-refractivity contribution in [3.63, 3.8) is 0 Å². The molecule has 1 aromatic rings. The molecule has 1 aromatic carbocycles. The predicted molar refractivity (Wildman–Crippen MR) is 63.8 cm³/mol. The molecule has 0 unspecified atom stereocenters. The Hall–Kier alpha value is -1.58. The molecule has 0 bridgehead atoms. The number of nitrogen functional groups attached to an aromatic ring is 1. The molecule has 3 N–H and O–H groups in total. The number of nitrogens with one attached hydrogen (secondary N) is 1. The molecule has 2 rings (SSSR count). The molecule has 0 aliphatic carbocycles. The van der Waals surface area contributed by atoms with E-state index in [0.29, 0.717) is 5.69 Å². The molecule has 0 radical (unpaired) electrons. The van der Waals surface area contributed by atoms with Gasteiger partial charge in [0.25, 0.3) is 0 Å². The summed E-state index contributed by atoms with van der Waals surface area (Å²) in [5, 5.41) is 3.38. The van der Waals surface area contributed by atoms with Crippen LogP contribution in [0.5, 0.6) is 5.75 Å². The van der Waals surface area contributed by atoms with Gasteiger partial charge in [-0.2, -0.15) is 0 Å². The lowest BCUT2D eigenvalue weighted by Gasteiger charge is -2.20. The maximum Gasteiger partial charge on any atom is 0.143 e. The van der Waals surface area contributed by atoms with E-state index in [9.17, 15) is 0 Å². The highest BCUT2D eigenvalue weighted by atomic mass is 16.5. The predicted octanol–water partition coefficient (Wildman–Crippen LogP) is 1.53. The first-order chi connectivity index (χ1) is 7.22. The van der Waals surface area contributed by atoms with Gasteiger partial charge in [-0.3, -0.25) is 0 Å². The van der Waals surface area contributed by atoms with E-state index >= 15 is 0 Å². The van der Waals surface area contributed by atoms with Crippen LogP contribution in [0.2, 0.25) is 0 Å². The number of benzene rings is 1. The van der Waals surface area contributed by atoms with E-state index in [0.717, 1.165) is 36.6 Å². The van der Waals surface area contributed by atoms with E-state index in [4.69, 9.17) is 10.5 Å². The molecule has 0 saturated heterocycles. The van der Waals surface area contributed by atoms with Gasteiger partial charge in [0.1, 0.15) is 5.75 Å². The first-order valence-electron chi connectivity index (χ1n) is 5.15. The highest BCUT2D eigenvalue weighted by Gasteiger charge is 2.14. The Kier molecular flexibility index (Phi) is 2.58. The van der Waals surface area contributed by atoms with Crippen LogP contribution >= 0.6 is 0 Å². The number of ether oxygens (including phenoxy) is 1. The second-order valence-electron chi connectivity index (χ2n) is 3.81. The van der Waals surface area contributed by atoms with Crippen LogP contribution in [-0.2, 0) is 0 Å². The fourth-order valence-corrected chi connectivity index (χ4v) is 1.88. The number of hydrogen-bond acceptors (Lipinski definition) is 4. The van der Waals surface area contributed by atoms with E-state index in [1.165, 1.54) is 0 Å². The normalized spacial score (nSPS) is 15.2.